The topological polar surface area (TPSA) is 29.1 Å². The molecule has 1 N–H and O–H groups in total. The number of hydrogen-bond donors (Lipinski definition) is 1. The van der Waals surface area contributed by atoms with Crippen LogP contribution in [0.25, 0.3) is 0 Å². The summed E-state index contributed by atoms with van der Waals surface area (Å²) in [4.78, 5) is 10.8. The van der Waals surface area contributed by atoms with E-state index in [0.717, 1.165) is 15.9 Å². The van der Waals surface area contributed by atoms with Gasteiger partial charge in [0.1, 0.15) is 0 Å². The van der Waals surface area contributed by atoms with E-state index < -0.39 is 0 Å². The number of anilines is 1. The molecule has 0 saturated carbocycles. The number of rotatable bonds is 3. The third-order valence-corrected chi connectivity index (χ3v) is 2.08. The Morgan fingerprint density at radius 1 is 1.43 bits per heavy atom. The first-order valence-electron chi connectivity index (χ1n) is 4.29. The van der Waals surface area contributed by atoms with Crippen molar-refractivity contribution in [3.8, 4) is 0 Å². The second-order valence-electron chi connectivity index (χ2n) is 3.07. The molecule has 0 aromatic heterocycles. The van der Waals surface area contributed by atoms with E-state index in [1.54, 1.807) is 6.08 Å². The number of benzene rings is 1. The Balaban J connectivity index is 2.74. The highest BCUT2D eigenvalue weighted by Crippen LogP contribution is 2.16. The molecule has 14 heavy (non-hydrogen) atoms. The van der Waals surface area contributed by atoms with Crippen molar-refractivity contribution in [1.29, 1.82) is 0 Å². The minimum Gasteiger partial charge on any atom is -0.359 e. The van der Waals surface area contributed by atoms with Gasteiger partial charge in [0, 0.05) is 15.9 Å². The summed E-state index contributed by atoms with van der Waals surface area (Å²) in [6.45, 7) is 3.40. The first-order chi connectivity index (χ1) is 6.58. The van der Waals surface area contributed by atoms with Crippen molar-refractivity contribution in [2.45, 2.75) is 13.8 Å². The van der Waals surface area contributed by atoms with Crippen LogP contribution in [-0.2, 0) is 4.79 Å². The van der Waals surface area contributed by atoms with Crippen LogP contribution in [0.4, 0.5) is 5.69 Å². The van der Waals surface area contributed by atoms with E-state index in [2.05, 4.69) is 21.2 Å². The van der Waals surface area contributed by atoms with Gasteiger partial charge in [0.15, 0.2) is 5.78 Å². The van der Waals surface area contributed by atoms with Crippen LogP contribution < -0.4 is 5.32 Å². The van der Waals surface area contributed by atoms with Gasteiger partial charge in [0.2, 0.25) is 0 Å². The minimum absolute atomic E-state index is 0.0463. The second kappa shape index (κ2) is 4.96. The summed E-state index contributed by atoms with van der Waals surface area (Å²) >= 11 is 3.38. The Bertz CT molecular complexity index is 371. The van der Waals surface area contributed by atoms with Crippen molar-refractivity contribution in [3.05, 3.63) is 40.5 Å². The maximum Gasteiger partial charge on any atom is 0.154 e. The maximum atomic E-state index is 10.8. The van der Waals surface area contributed by atoms with Gasteiger partial charge in [-0.1, -0.05) is 22.0 Å². The van der Waals surface area contributed by atoms with Gasteiger partial charge in [0.25, 0.3) is 0 Å². The predicted octanol–water partition coefficient (Wildman–Crippen LogP) is 3.35. The van der Waals surface area contributed by atoms with Gasteiger partial charge in [-0.3, -0.25) is 4.79 Å². The van der Waals surface area contributed by atoms with Crippen LogP contribution in [-0.4, -0.2) is 5.78 Å². The van der Waals surface area contributed by atoms with Crippen molar-refractivity contribution in [2.24, 2.45) is 0 Å². The number of carbonyl (C=O) groups is 1. The van der Waals surface area contributed by atoms with E-state index in [1.165, 1.54) is 6.92 Å². The molecule has 0 atom stereocenters. The molecule has 0 radical (unpaired) electrons. The highest BCUT2D eigenvalue weighted by atomic mass is 79.9. The zero-order valence-corrected chi connectivity index (χ0v) is 9.76. The molecule has 3 heteroatoms. The number of ketones is 1. The molecular formula is C11H12BrNO. The molecule has 0 saturated heterocycles. The zero-order valence-electron chi connectivity index (χ0n) is 8.17. The molecule has 0 heterocycles. The van der Waals surface area contributed by atoms with Gasteiger partial charge in [-0.2, -0.15) is 0 Å². The normalized spacial score (nSPS) is 11.2. The molecule has 0 aliphatic heterocycles. The fraction of sp³-hybridized carbons (Fsp3) is 0.182. The van der Waals surface area contributed by atoms with Gasteiger partial charge in [-0.25, -0.2) is 0 Å². The molecule has 1 aromatic rings. The summed E-state index contributed by atoms with van der Waals surface area (Å²) in [5, 5.41) is 3.12. The summed E-state index contributed by atoms with van der Waals surface area (Å²) < 4.78 is 1.01. The van der Waals surface area contributed by atoms with Crippen molar-refractivity contribution < 1.29 is 4.79 Å². The highest BCUT2D eigenvalue weighted by Gasteiger charge is 1.94. The Morgan fingerprint density at radius 3 is 2.71 bits per heavy atom. The van der Waals surface area contributed by atoms with Crippen LogP contribution in [0.1, 0.15) is 13.8 Å². The standard InChI is InChI=1S/C11H12BrNO/c1-8(6-9(2)14)13-11-5-3-4-10(12)7-11/h3-7,13H,1-2H3/b8-6-. The Morgan fingerprint density at radius 2 is 2.14 bits per heavy atom. The van der Waals surface area contributed by atoms with Crippen LogP contribution in [0.2, 0.25) is 0 Å². The van der Waals surface area contributed by atoms with Crippen molar-refractivity contribution >= 4 is 27.4 Å². The lowest BCUT2D eigenvalue weighted by molar-refractivity contribution is -0.112. The molecule has 0 spiro atoms. The summed E-state index contributed by atoms with van der Waals surface area (Å²) in [5.74, 6) is 0.0463. The zero-order chi connectivity index (χ0) is 10.6. The smallest absolute Gasteiger partial charge is 0.154 e. The lowest BCUT2D eigenvalue weighted by Gasteiger charge is -2.05. The second-order valence-corrected chi connectivity index (χ2v) is 3.99. The number of carbonyl (C=O) groups excluding carboxylic acids is 1. The molecule has 74 valence electrons. The lowest BCUT2D eigenvalue weighted by Crippen LogP contribution is -1.97. The Hall–Kier alpha value is -1.09. The first kappa shape index (κ1) is 11.0. The van der Waals surface area contributed by atoms with Crippen LogP contribution >= 0.6 is 15.9 Å². The fourth-order valence-corrected chi connectivity index (χ4v) is 1.53. The molecule has 0 bridgehead atoms. The molecule has 0 amide bonds. The average Bonchev–Trinajstić information content (AvgIpc) is 2.01. The minimum atomic E-state index is 0.0463. The summed E-state index contributed by atoms with van der Waals surface area (Å²) in [5.41, 5.74) is 1.81. The predicted molar refractivity (Wildman–Crippen MR) is 62.2 cm³/mol. The van der Waals surface area contributed by atoms with Gasteiger partial charge < -0.3 is 5.32 Å². The van der Waals surface area contributed by atoms with Crippen LogP contribution in [0.15, 0.2) is 40.5 Å². The van der Waals surface area contributed by atoms with E-state index in [0.29, 0.717) is 0 Å². The SMILES string of the molecule is CC(=O)/C=C(/C)Nc1cccc(Br)c1. The monoisotopic (exact) mass is 253 g/mol. The van der Waals surface area contributed by atoms with Gasteiger partial charge in [-0.05, 0) is 38.1 Å². The number of nitrogens with one attached hydrogen (secondary N) is 1. The lowest BCUT2D eigenvalue weighted by atomic mass is 10.3. The maximum absolute atomic E-state index is 10.8. The molecule has 0 fully saturated rings. The summed E-state index contributed by atoms with van der Waals surface area (Å²) in [6, 6.07) is 7.79. The van der Waals surface area contributed by atoms with Crippen molar-refractivity contribution in [3.63, 3.8) is 0 Å². The fourth-order valence-electron chi connectivity index (χ4n) is 1.13. The third kappa shape index (κ3) is 3.75. The molecule has 1 aromatic carbocycles. The van der Waals surface area contributed by atoms with Crippen molar-refractivity contribution in [1.82, 2.24) is 0 Å². The van der Waals surface area contributed by atoms with E-state index >= 15 is 0 Å². The van der Waals surface area contributed by atoms with E-state index in [-0.39, 0.29) is 5.78 Å². The number of hydrogen-bond acceptors (Lipinski definition) is 2. The molecule has 0 aliphatic rings. The highest BCUT2D eigenvalue weighted by molar-refractivity contribution is 9.10. The quantitative estimate of drug-likeness (QED) is 0.838. The summed E-state index contributed by atoms with van der Waals surface area (Å²) in [6.07, 6.45) is 1.57. The van der Waals surface area contributed by atoms with E-state index in [1.807, 2.05) is 31.2 Å². The average molecular weight is 254 g/mol. The molecular weight excluding hydrogens is 242 g/mol. The third-order valence-electron chi connectivity index (χ3n) is 1.59. The molecule has 0 unspecified atom stereocenters. The van der Waals surface area contributed by atoms with Crippen LogP contribution in [0.3, 0.4) is 0 Å². The van der Waals surface area contributed by atoms with Gasteiger partial charge >= 0.3 is 0 Å². The molecule has 0 aliphatic carbocycles. The molecule has 2 nitrogen and oxygen atoms in total. The van der Waals surface area contributed by atoms with E-state index in [9.17, 15) is 4.79 Å². The van der Waals surface area contributed by atoms with Gasteiger partial charge in [-0.15, -0.1) is 0 Å². The van der Waals surface area contributed by atoms with Crippen molar-refractivity contribution in [2.75, 3.05) is 5.32 Å². The largest absolute Gasteiger partial charge is 0.359 e. The van der Waals surface area contributed by atoms with Crippen LogP contribution in [0, 0.1) is 0 Å². The molecule has 1 rings (SSSR count). The van der Waals surface area contributed by atoms with Crippen LogP contribution in [0.5, 0.6) is 0 Å². The van der Waals surface area contributed by atoms with Gasteiger partial charge in [0.05, 0.1) is 0 Å². The summed E-state index contributed by atoms with van der Waals surface area (Å²) in [7, 11) is 0. The van der Waals surface area contributed by atoms with E-state index in [4.69, 9.17) is 0 Å². The number of allylic oxidation sites excluding steroid dienone is 2. The Labute approximate surface area is 92.1 Å². The number of halogens is 1. The first-order valence-corrected chi connectivity index (χ1v) is 5.08. The Kier molecular flexibility index (Phi) is 3.89.